The van der Waals surface area contributed by atoms with Gasteiger partial charge in [0.2, 0.25) is 5.91 Å². The molecule has 0 atom stereocenters. The Kier molecular flexibility index (Phi) is 11.4. The fourth-order valence-corrected chi connectivity index (χ4v) is 0.800. The molecule has 0 fully saturated rings. The molecule has 1 aromatic carbocycles. The number of carboxylic acid groups (broad SMARTS) is 1. The highest BCUT2D eigenvalue weighted by molar-refractivity contribution is 5.91. The van der Waals surface area contributed by atoms with Crippen LogP contribution in [0.1, 0.15) is 20.8 Å². The monoisotopic (exact) mass is 284 g/mol. The molecular formula is C13H20N2O5. The van der Waals surface area contributed by atoms with Crippen molar-refractivity contribution in [3.8, 4) is 0 Å². The second-order valence-corrected chi connectivity index (χ2v) is 3.48. The van der Waals surface area contributed by atoms with Gasteiger partial charge in [-0.15, -0.1) is 0 Å². The summed E-state index contributed by atoms with van der Waals surface area (Å²) in [6.45, 7) is 3.90. The van der Waals surface area contributed by atoms with E-state index in [4.69, 9.17) is 15.6 Å². The van der Waals surface area contributed by atoms with Crippen molar-refractivity contribution >= 4 is 29.2 Å². The number of esters is 1. The summed E-state index contributed by atoms with van der Waals surface area (Å²) in [5, 5.41) is 10.0. The second kappa shape index (κ2) is 11.5. The van der Waals surface area contributed by atoms with Gasteiger partial charge in [-0.1, -0.05) is 12.1 Å². The highest BCUT2D eigenvalue weighted by atomic mass is 16.5. The molecule has 7 heteroatoms. The van der Waals surface area contributed by atoms with Crippen molar-refractivity contribution in [3.63, 3.8) is 0 Å². The molecule has 1 amide bonds. The van der Waals surface area contributed by atoms with Crippen molar-refractivity contribution in [3.05, 3.63) is 24.3 Å². The van der Waals surface area contributed by atoms with E-state index in [1.165, 1.54) is 21.0 Å². The maximum Gasteiger partial charge on any atom is 0.302 e. The van der Waals surface area contributed by atoms with E-state index in [9.17, 15) is 9.59 Å². The molecule has 0 aromatic heterocycles. The molecule has 1 rings (SSSR count). The van der Waals surface area contributed by atoms with Crippen LogP contribution in [-0.4, -0.2) is 30.1 Å². The molecule has 0 saturated carbocycles. The molecule has 7 nitrogen and oxygen atoms in total. The van der Waals surface area contributed by atoms with E-state index in [0.29, 0.717) is 11.4 Å². The number of nitrogens with one attached hydrogen (secondary N) is 1. The number of anilines is 2. The Morgan fingerprint density at radius 1 is 1.15 bits per heavy atom. The van der Waals surface area contributed by atoms with E-state index in [2.05, 4.69) is 10.1 Å². The molecule has 4 N–H and O–H groups in total. The molecule has 0 bridgehead atoms. The number of aliphatic carboxylic acids is 1. The lowest BCUT2D eigenvalue weighted by Crippen LogP contribution is -2.07. The Morgan fingerprint density at radius 2 is 1.55 bits per heavy atom. The zero-order valence-corrected chi connectivity index (χ0v) is 12.0. The van der Waals surface area contributed by atoms with Crippen LogP contribution in [-0.2, 0) is 19.1 Å². The van der Waals surface area contributed by atoms with Gasteiger partial charge in [-0.25, -0.2) is 0 Å². The van der Waals surface area contributed by atoms with Crippen LogP contribution in [0.5, 0.6) is 0 Å². The number of para-hydroxylation sites is 2. The number of benzene rings is 1. The summed E-state index contributed by atoms with van der Waals surface area (Å²) in [7, 11) is 1.35. The summed E-state index contributed by atoms with van der Waals surface area (Å²) >= 11 is 0. The summed E-state index contributed by atoms with van der Waals surface area (Å²) in [4.78, 5) is 29.2. The minimum atomic E-state index is -0.833. The van der Waals surface area contributed by atoms with Crippen LogP contribution in [0, 0.1) is 0 Å². The second-order valence-electron chi connectivity index (χ2n) is 3.48. The van der Waals surface area contributed by atoms with Crippen LogP contribution >= 0.6 is 0 Å². The van der Waals surface area contributed by atoms with Crippen LogP contribution in [0.3, 0.4) is 0 Å². The first-order valence-electron chi connectivity index (χ1n) is 5.56. The average Bonchev–Trinajstić information content (AvgIpc) is 2.31. The average molecular weight is 284 g/mol. The van der Waals surface area contributed by atoms with E-state index < -0.39 is 5.97 Å². The number of amides is 1. The van der Waals surface area contributed by atoms with Crippen LogP contribution in [0.25, 0.3) is 0 Å². The Labute approximate surface area is 117 Å². The lowest BCUT2D eigenvalue weighted by atomic mass is 10.3. The fourth-order valence-electron chi connectivity index (χ4n) is 0.800. The predicted molar refractivity (Wildman–Crippen MR) is 76.2 cm³/mol. The van der Waals surface area contributed by atoms with E-state index >= 15 is 0 Å². The van der Waals surface area contributed by atoms with Crippen LogP contribution < -0.4 is 11.1 Å². The molecule has 0 unspecified atom stereocenters. The van der Waals surface area contributed by atoms with Gasteiger partial charge in [0.05, 0.1) is 18.5 Å². The molecule has 0 saturated heterocycles. The van der Waals surface area contributed by atoms with Crippen molar-refractivity contribution in [1.29, 1.82) is 0 Å². The van der Waals surface area contributed by atoms with Gasteiger partial charge in [0.1, 0.15) is 0 Å². The maximum atomic E-state index is 10.6. The Bertz CT molecular complexity index is 442. The van der Waals surface area contributed by atoms with Gasteiger partial charge in [-0.05, 0) is 12.1 Å². The van der Waals surface area contributed by atoms with Crippen LogP contribution in [0.2, 0.25) is 0 Å². The smallest absolute Gasteiger partial charge is 0.302 e. The standard InChI is InChI=1S/C8H10N2O.C3H6O2.C2H4O2/c1-6(11)10-8-5-3-2-4-7(8)9;1-3(4)5-2;1-2(3)4/h2-5H,9H2,1H3,(H,10,11);1-2H3;1H3,(H,3,4). The number of methoxy groups -OCH3 is 1. The first-order chi connectivity index (χ1) is 9.20. The third-order valence-electron chi connectivity index (χ3n) is 1.56. The number of rotatable bonds is 1. The number of carbonyl (C=O) groups excluding carboxylic acids is 2. The number of hydrogen-bond acceptors (Lipinski definition) is 5. The van der Waals surface area contributed by atoms with Crippen LogP contribution in [0.4, 0.5) is 11.4 Å². The number of hydrogen-bond donors (Lipinski definition) is 3. The fraction of sp³-hybridized carbons (Fsp3) is 0.308. The summed E-state index contributed by atoms with van der Waals surface area (Å²) in [6, 6.07) is 7.14. The van der Waals surface area contributed by atoms with Crippen molar-refractivity contribution in [2.24, 2.45) is 0 Å². The SMILES string of the molecule is CC(=O)Nc1ccccc1N.CC(=O)O.COC(C)=O. The minimum absolute atomic E-state index is 0.108. The Balaban J connectivity index is 0. The van der Waals surface area contributed by atoms with E-state index in [1.807, 2.05) is 12.1 Å². The summed E-state index contributed by atoms with van der Waals surface area (Å²) in [5.74, 6) is -1.19. The van der Waals surface area contributed by atoms with E-state index in [0.717, 1.165) is 6.92 Å². The summed E-state index contributed by atoms with van der Waals surface area (Å²) in [6.07, 6.45) is 0. The zero-order chi connectivity index (χ0) is 16.1. The molecule has 112 valence electrons. The molecule has 0 radical (unpaired) electrons. The molecule has 0 aliphatic rings. The van der Waals surface area contributed by atoms with Gasteiger partial charge < -0.3 is 20.9 Å². The molecule has 1 aromatic rings. The highest BCUT2D eigenvalue weighted by Gasteiger charge is 1.97. The third kappa shape index (κ3) is 15.4. The number of nitrogens with two attached hydrogens (primary N) is 1. The first-order valence-corrected chi connectivity index (χ1v) is 5.56. The maximum absolute atomic E-state index is 10.6. The first kappa shape index (κ1) is 19.8. The van der Waals surface area contributed by atoms with Gasteiger partial charge in [0.15, 0.2) is 0 Å². The third-order valence-corrected chi connectivity index (χ3v) is 1.56. The Morgan fingerprint density at radius 3 is 1.85 bits per heavy atom. The topological polar surface area (TPSA) is 119 Å². The van der Waals surface area contributed by atoms with Crippen molar-refractivity contribution in [1.82, 2.24) is 0 Å². The number of carbonyl (C=O) groups is 3. The Hall–Kier alpha value is -2.57. The van der Waals surface area contributed by atoms with Gasteiger partial charge >= 0.3 is 5.97 Å². The number of ether oxygens (including phenoxy) is 1. The molecule has 20 heavy (non-hydrogen) atoms. The summed E-state index contributed by atoms with van der Waals surface area (Å²) in [5.41, 5.74) is 6.81. The molecular weight excluding hydrogens is 264 g/mol. The quantitative estimate of drug-likeness (QED) is 0.531. The van der Waals surface area contributed by atoms with Gasteiger partial charge in [-0.2, -0.15) is 0 Å². The van der Waals surface area contributed by atoms with Crippen molar-refractivity contribution in [2.75, 3.05) is 18.2 Å². The number of carboxylic acids is 1. The van der Waals surface area contributed by atoms with Crippen LogP contribution in [0.15, 0.2) is 24.3 Å². The minimum Gasteiger partial charge on any atom is -0.481 e. The van der Waals surface area contributed by atoms with Crippen molar-refractivity contribution in [2.45, 2.75) is 20.8 Å². The molecule has 0 spiro atoms. The molecule has 0 heterocycles. The highest BCUT2D eigenvalue weighted by Crippen LogP contribution is 2.15. The molecule has 0 aliphatic carbocycles. The largest absolute Gasteiger partial charge is 0.481 e. The number of nitrogen functional groups attached to an aromatic ring is 1. The predicted octanol–water partition coefficient (Wildman–Crippen LogP) is 1.50. The summed E-state index contributed by atoms with van der Waals surface area (Å²) < 4.78 is 4.11. The lowest BCUT2D eigenvalue weighted by Gasteiger charge is -2.03. The van der Waals surface area contributed by atoms with Gasteiger partial charge in [0.25, 0.3) is 5.97 Å². The van der Waals surface area contributed by atoms with Gasteiger partial charge in [0, 0.05) is 20.8 Å². The van der Waals surface area contributed by atoms with Gasteiger partial charge in [-0.3, -0.25) is 14.4 Å². The molecule has 0 aliphatic heterocycles. The zero-order valence-electron chi connectivity index (χ0n) is 12.0. The normalized spacial score (nSPS) is 8.00. The van der Waals surface area contributed by atoms with E-state index in [-0.39, 0.29) is 11.9 Å². The van der Waals surface area contributed by atoms with Crippen molar-refractivity contribution < 1.29 is 24.2 Å². The van der Waals surface area contributed by atoms with E-state index in [1.54, 1.807) is 12.1 Å². The lowest BCUT2D eigenvalue weighted by molar-refractivity contribution is -0.138.